The Balaban J connectivity index is 1.99. The van der Waals surface area contributed by atoms with Crippen molar-refractivity contribution in [3.05, 3.63) is 35.4 Å². The van der Waals surface area contributed by atoms with E-state index in [1.165, 1.54) is 4.90 Å². The molecule has 104 valence electrons. The zero-order valence-electron chi connectivity index (χ0n) is 10.3. The lowest BCUT2D eigenvalue weighted by Gasteiger charge is -2.29. The van der Waals surface area contributed by atoms with Gasteiger partial charge in [0.05, 0.1) is 12.2 Å². The molecule has 2 N–H and O–H groups in total. The van der Waals surface area contributed by atoms with E-state index >= 15 is 0 Å². The molecule has 1 aromatic rings. The number of carbonyl (C=O) groups excluding carboxylic acids is 1. The van der Waals surface area contributed by atoms with Crippen LogP contribution in [0.1, 0.15) is 0 Å². The molecule has 2 heterocycles. The minimum absolute atomic E-state index is 0.181. The van der Waals surface area contributed by atoms with Crippen molar-refractivity contribution in [1.29, 1.82) is 0 Å². The molecule has 8 heteroatoms. The number of nitrogens with two attached hydrogens (primary N) is 1. The van der Waals surface area contributed by atoms with Gasteiger partial charge in [-0.15, -0.1) is 0 Å². The number of rotatable bonds is 1. The molecule has 1 aromatic carbocycles. The van der Waals surface area contributed by atoms with Crippen LogP contribution in [0.25, 0.3) is 0 Å². The van der Waals surface area contributed by atoms with E-state index in [0.717, 1.165) is 6.08 Å². The molecule has 0 aromatic heterocycles. The summed E-state index contributed by atoms with van der Waals surface area (Å²) in [5, 5.41) is -0.414. The predicted octanol–water partition coefficient (Wildman–Crippen LogP) is -0.00350. The molecule has 0 radical (unpaired) electrons. The molecule has 0 saturated heterocycles. The number of para-hydroxylation sites is 2. The molecule has 0 aliphatic carbocycles. The molecule has 20 heavy (non-hydrogen) atoms. The molecule has 2 aliphatic heterocycles. The topological polar surface area (TPSA) is 102 Å². The fourth-order valence-corrected chi connectivity index (χ4v) is 2.79. The van der Waals surface area contributed by atoms with Crippen LogP contribution in [0.4, 0.5) is 5.69 Å². The first-order chi connectivity index (χ1) is 9.49. The Morgan fingerprint density at radius 2 is 2.10 bits per heavy atom. The van der Waals surface area contributed by atoms with Crippen molar-refractivity contribution < 1.29 is 17.9 Å². The van der Waals surface area contributed by atoms with Crippen LogP contribution in [0.3, 0.4) is 0 Å². The number of sulfonamides is 1. The highest BCUT2D eigenvalue weighted by atomic mass is 32.2. The number of benzene rings is 1. The van der Waals surface area contributed by atoms with Gasteiger partial charge >= 0.3 is 0 Å². The molecule has 3 rings (SSSR count). The van der Waals surface area contributed by atoms with Crippen LogP contribution < -0.4 is 15.4 Å². The van der Waals surface area contributed by atoms with E-state index in [1.807, 2.05) is 0 Å². The molecule has 0 unspecified atom stereocenters. The lowest BCUT2D eigenvalue weighted by atomic mass is 10.2. The summed E-state index contributed by atoms with van der Waals surface area (Å²) in [6.07, 6.45) is 1.08. The largest absolute Gasteiger partial charge is 0.490 e. The van der Waals surface area contributed by atoms with Gasteiger partial charge in [0.25, 0.3) is 15.9 Å². The van der Waals surface area contributed by atoms with Crippen LogP contribution in [-0.4, -0.2) is 33.2 Å². The second kappa shape index (κ2) is 4.34. The highest BCUT2D eigenvalue weighted by Crippen LogP contribution is 2.31. The normalized spacial score (nSPS) is 19.7. The third kappa shape index (κ3) is 1.94. The summed E-state index contributed by atoms with van der Waals surface area (Å²) in [4.78, 5) is 13.8. The summed E-state index contributed by atoms with van der Waals surface area (Å²) < 4.78 is 31.7. The number of carbonyl (C=O) groups is 1. The lowest BCUT2D eigenvalue weighted by Crippen LogP contribution is -2.41. The zero-order chi connectivity index (χ0) is 14.3. The number of amides is 1. The quantitative estimate of drug-likeness (QED) is 0.785. The van der Waals surface area contributed by atoms with Gasteiger partial charge in [-0.25, -0.2) is 0 Å². The first kappa shape index (κ1) is 12.7. The van der Waals surface area contributed by atoms with E-state index in [1.54, 1.807) is 24.3 Å². The van der Waals surface area contributed by atoms with Crippen molar-refractivity contribution in [2.45, 2.75) is 0 Å². The van der Waals surface area contributed by atoms with Crippen molar-refractivity contribution in [2.75, 3.05) is 18.1 Å². The van der Waals surface area contributed by atoms with E-state index in [4.69, 9.17) is 10.5 Å². The SMILES string of the molecule is NC1=CC(C(=O)N2CCOc3ccccc32)=NS1(=O)=O. The molecule has 0 atom stereocenters. The third-order valence-corrected chi connectivity index (χ3v) is 4.14. The van der Waals surface area contributed by atoms with Gasteiger partial charge in [0, 0.05) is 6.08 Å². The van der Waals surface area contributed by atoms with Crippen LogP contribution in [0, 0.1) is 0 Å². The summed E-state index contributed by atoms with van der Waals surface area (Å²) in [6, 6.07) is 7.03. The highest BCUT2D eigenvalue weighted by Gasteiger charge is 2.31. The Morgan fingerprint density at radius 1 is 1.35 bits per heavy atom. The molecule has 0 fully saturated rings. The van der Waals surface area contributed by atoms with Gasteiger partial charge in [-0.3, -0.25) is 4.79 Å². The van der Waals surface area contributed by atoms with Gasteiger partial charge in [-0.05, 0) is 12.1 Å². The Bertz CT molecular complexity index is 752. The number of nitrogens with zero attached hydrogens (tertiary/aromatic N) is 2. The van der Waals surface area contributed by atoms with Gasteiger partial charge in [0.15, 0.2) is 5.03 Å². The Labute approximate surface area is 115 Å². The van der Waals surface area contributed by atoms with Crippen LogP contribution >= 0.6 is 0 Å². The van der Waals surface area contributed by atoms with Crippen molar-refractivity contribution >= 4 is 27.3 Å². The summed E-state index contributed by atoms with van der Waals surface area (Å²) >= 11 is 0. The predicted molar refractivity (Wildman–Crippen MR) is 72.9 cm³/mol. The van der Waals surface area contributed by atoms with E-state index in [2.05, 4.69) is 4.40 Å². The number of anilines is 1. The van der Waals surface area contributed by atoms with Gasteiger partial charge in [-0.2, -0.15) is 12.8 Å². The minimum Gasteiger partial charge on any atom is -0.490 e. The first-order valence-corrected chi connectivity index (χ1v) is 7.29. The highest BCUT2D eigenvalue weighted by molar-refractivity contribution is 7.94. The van der Waals surface area contributed by atoms with Crippen molar-refractivity contribution in [2.24, 2.45) is 10.1 Å². The second-order valence-corrected chi connectivity index (χ2v) is 5.88. The maximum absolute atomic E-state index is 12.4. The summed E-state index contributed by atoms with van der Waals surface area (Å²) in [5.74, 6) is 0.0651. The average Bonchev–Trinajstić information content (AvgIpc) is 2.71. The van der Waals surface area contributed by atoms with Crippen LogP contribution in [0.2, 0.25) is 0 Å². The van der Waals surface area contributed by atoms with Crippen molar-refractivity contribution in [1.82, 2.24) is 0 Å². The maximum atomic E-state index is 12.4. The molecule has 0 bridgehead atoms. The standard InChI is InChI=1S/C12H11N3O4S/c13-11-7-8(14-20(11,17)18)12(16)15-5-6-19-10-4-2-1-3-9(10)15/h1-4,7H,5-6,13H2. The third-order valence-electron chi connectivity index (χ3n) is 2.99. The molecular weight excluding hydrogens is 282 g/mol. The fraction of sp³-hybridized carbons (Fsp3) is 0.167. The number of ether oxygens (including phenoxy) is 1. The Morgan fingerprint density at radius 3 is 2.80 bits per heavy atom. The fourth-order valence-electron chi connectivity index (χ4n) is 2.04. The molecule has 0 spiro atoms. The summed E-state index contributed by atoms with van der Waals surface area (Å²) in [6.45, 7) is 0.657. The average molecular weight is 293 g/mol. The first-order valence-electron chi connectivity index (χ1n) is 5.85. The minimum atomic E-state index is -3.89. The van der Waals surface area contributed by atoms with Gasteiger partial charge in [-0.1, -0.05) is 12.1 Å². The molecule has 7 nitrogen and oxygen atoms in total. The smallest absolute Gasteiger partial charge is 0.298 e. The molecular formula is C12H11N3O4S. The second-order valence-electron chi connectivity index (χ2n) is 4.27. The van der Waals surface area contributed by atoms with Crippen molar-refractivity contribution in [3.63, 3.8) is 0 Å². The van der Waals surface area contributed by atoms with E-state index in [0.29, 0.717) is 24.6 Å². The lowest BCUT2D eigenvalue weighted by molar-refractivity contribution is -0.112. The van der Waals surface area contributed by atoms with E-state index in [-0.39, 0.29) is 5.71 Å². The van der Waals surface area contributed by atoms with Gasteiger partial charge < -0.3 is 15.4 Å². The van der Waals surface area contributed by atoms with Crippen LogP contribution in [0.5, 0.6) is 5.75 Å². The monoisotopic (exact) mass is 293 g/mol. The Hall–Kier alpha value is -2.35. The summed E-state index contributed by atoms with van der Waals surface area (Å²) in [5.41, 5.74) is 5.73. The number of fused-ring (bicyclic) bond motifs is 1. The van der Waals surface area contributed by atoms with Gasteiger partial charge in [0.1, 0.15) is 18.1 Å². The maximum Gasteiger partial charge on any atom is 0.298 e. The van der Waals surface area contributed by atoms with E-state index < -0.39 is 21.0 Å². The van der Waals surface area contributed by atoms with Crippen molar-refractivity contribution in [3.8, 4) is 5.75 Å². The number of hydrogen-bond acceptors (Lipinski definition) is 5. The molecule has 1 amide bonds. The van der Waals surface area contributed by atoms with Crippen LogP contribution in [-0.2, 0) is 14.8 Å². The molecule has 2 aliphatic rings. The zero-order valence-corrected chi connectivity index (χ0v) is 11.1. The van der Waals surface area contributed by atoms with E-state index in [9.17, 15) is 13.2 Å². The Kier molecular flexibility index (Phi) is 2.75. The number of hydrogen-bond donors (Lipinski definition) is 1. The van der Waals surface area contributed by atoms with Gasteiger partial charge in [0.2, 0.25) is 0 Å². The molecule has 0 saturated carbocycles. The van der Waals surface area contributed by atoms with Crippen LogP contribution in [0.15, 0.2) is 39.8 Å². The summed E-state index contributed by atoms with van der Waals surface area (Å²) in [7, 11) is -3.89.